The van der Waals surface area contributed by atoms with Crippen LogP contribution in [0.1, 0.15) is 16.7 Å². The Morgan fingerprint density at radius 2 is 2.00 bits per heavy atom. The van der Waals surface area contributed by atoms with Crippen molar-refractivity contribution in [3.05, 3.63) is 67.9 Å². The monoisotopic (exact) mass is 473 g/mol. The summed E-state index contributed by atoms with van der Waals surface area (Å²) in [5, 5.41) is 13.1. The summed E-state index contributed by atoms with van der Waals surface area (Å²) in [5.41, 5.74) is 3.58. The Labute approximate surface area is 182 Å². The zero-order chi connectivity index (χ0) is 21.8. The number of benzene rings is 2. The van der Waals surface area contributed by atoms with E-state index in [1.807, 2.05) is 26.0 Å². The molecule has 0 saturated carbocycles. The number of carbonyl (C=O) groups excluding carboxylic acids is 1. The van der Waals surface area contributed by atoms with Gasteiger partial charge in [0.1, 0.15) is 5.75 Å². The molecule has 30 heavy (non-hydrogen) atoms. The van der Waals surface area contributed by atoms with E-state index in [9.17, 15) is 14.7 Å². The molecule has 2 amide bonds. The van der Waals surface area contributed by atoms with Crippen LogP contribution in [-0.4, -0.2) is 41.3 Å². The van der Waals surface area contributed by atoms with E-state index >= 15 is 0 Å². The van der Waals surface area contributed by atoms with Gasteiger partial charge >= 0.3 is 6.03 Å². The number of ether oxygens (including phenoxy) is 1. The smallest absolute Gasteiger partial charge is 0.322 e. The number of pyridine rings is 1. The zero-order valence-electron chi connectivity index (χ0n) is 17.1. The van der Waals surface area contributed by atoms with Crippen LogP contribution in [0.3, 0.4) is 0 Å². The van der Waals surface area contributed by atoms with Gasteiger partial charge in [-0.25, -0.2) is 4.79 Å². The first kappa shape index (κ1) is 21.9. The molecule has 3 rings (SSSR count). The molecule has 3 aromatic rings. The fraction of sp³-hybridized carbons (Fsp3) is 0.273. The van der Waals surface area contributed by atoms with Crippen molar-refractivity contribution in [2.45, 2.75) is 20.4 Å². The summed E-state index contributed by atoms with van der Waals surface area (Å²) in [6.07, 6.45) is 0. The average Bonchev–Trinajstić information content (AvgIpc) is 2.70. The lowest BCUT2D eigenvalue weighted by atomic mass is 10.1. The molecule has 0 aliphatic carbocycles. The molecule has 7 nitrogen and oxygen atoms in total. The first-order valence-corrected chi connectivity index (χ1v) is 10.2. The van der Waals surface area contributed by atoms with Crippen LogP contribution in [0.25, 0.3) is 10.9 Å². The van der Waals surface area contributed by atoms with Gasteiger partial charge in [0.05, 0.1) is 31.5 Å². The van der Waals surface area contributed by atoms with Crippen molar-refractivity contribution in [2.75, 3.05) is 25.6 Å². The minimum Gasteiger partial charge on any atom is -0.497 e. The van der Waals surface area contributed by atoms with Crippen molar-refractivity contribution in [1.82, 2.24) is 9.88 Å². The number of hydrogen-bond donors (Lipinski definition) is 3. The fourth-order valence-corrected chi connectivity index (χ4v) is 3.70. The number of nitrogens with zero attached hydrogens (tertiary/aromatic N) is 1. The first-order valence-electron chi connectivity index (χ1n) is 9.46. The fourth-order valence-electron chi connectivity index (χ4n) is 3.35. The van der Waals surface area contributed by atoms with E-state index in [1.54, 1.807) is 31.4 Å². The van der Waals surface area contributed by atoms with Crippen molar-refractivity contribution in [1.29, 1.82) is 0 Å². The molecule has 1 heterocycles. The zero-order valence-corrected chi connectivity index (χ0v) is 18.7. The summed E-state index contributed by atoms with van der Waals surface area (Å²) in [6, 6.07) is 10.6. The lowest BCUT2D eigenvalue weighted by molar-refractivity contribution is 0.185. The van der Waals surface area contributed by atoms with E-state index in [1.165, 1.54) is 4.90 Å². The number of anilines is 1. The van der Waals surface area contributed by atoms with Crippen LogP contribution in [-0.2, 0) is 6.54 Å². The molecule has 2 aromatic carbocycles. The van der Waals surface area contributed by atoms with Crippen LogP contribution in [0.4, 0.5) is 10.5 Å². The molecule has 158 valence electrons. The van der Waals surface area contributed by atoms with Crippen LogP contribution < -0.4 is 15.6 Å². The van der Waals surface area contributed by atoms with Crippen LogP contribution in [0.5, 0.6) is 5.75 Å². The molecule has 0 fully saturated rings. The largest absolute Gasteiger partial charge is 0.497 e. The number of amides is 2. The second-order valence-electron chi connectivity index (χ2n) is 7.09. The Morgan fingerprint density at radius 3 is 2.70 bits per heavy atom. The minimum atomic E-state index is -0.432. The van der Waals surface area contributed by atoms with Gasteiger partial charge in [-0.15, -0.1) is 0 Å². The molecular formula is C22H24BrN3O4. The number of hydrogen-bond acceptors (Lipinski definition) is 4. The topological polar surface area (TPSA) is 94.7 Å². The highest BCUT2D eigenvalue weighted by Crippen LogP contribution is 2.27. The SMILES string of the molecule is COc1ccc(Br)c(NC(=O)N(CCO)Cc2cc3cc(C)cc(C)c3[nH]c2=O)c1. The maximum atomic E-state index is 12.9. The van der Waals surface area contributed by atoms with E-state index < -0.39 is 6.03 Å². The summed E-state index contributed by atoms with van der Waals surface area (Å²) in [5.74, 6) is 0.596. The second-order valence-corrected chi connectivity index (χ2v) is 7.95. The Bertz CT molecular complexity index is 1140. The number of nitrogens with one attached hydrogen (secondary N) is 2. The van der Waals surface area contributed by atoms with Crippen LogP contribution in [0, 0.1) is 13.8 Å². The Hall–Kier alpha value is -2.84. The summed E-state index contributed by atoms with van der Waals surface area (Å²) < 4.78 is 5.89. The lowest BCUT2D eigenvalue weighted by Gasteiger charge is -2.23. The van der Waals surface area contributed by atoms with Gasteiger partial charge in [-0.3, -0.25) is 4.79 Å². The molecule has 8 heteroatoms. The third-order valence-corrected chi connectivity index (χ3v) is 5.50. The molecule has 1 aromatic heterocycles. The summed E-state index contributed by atoms with van der Waals surface area (Å²) in [4.78, 5) is 29.8. The molecular weight excluding hydrogens is 450 g/mol. The minimum absolute atomic E-state index is 0.0617. The van der Waals surface area contributed by atoms with Crippen LogP contribution >= 0.6 is 15.9 Å². The molecule has 0 unspecified atom stereocenters. The van der Waals surface area contributed by atoms with Crippen LogP contribution in [0.15, 0.2) is 45.7 Å². The van der Waals surface area contributed by atoms with Gasteiger partial charge < -0.3 is 25.0 Å². The highest BCUT2D eigenvalue weighted by atomic mass is 79.9. The maximum absolute atomic E-state index is 12.9. The number of fused-ring (bicyclic) bond motifs is 1. The quantitative estimate of drug-likeness (QED) is 0.505. The molecule has 0 saturated heterocycles. The predicted octanol–water partition coefficient (Wildman–Crippen LogP) is 3.94. The third-order valence-electron chi connectivity index (χ3n) is 4.80. The van der Waals surface area contributed by atoms with Gasteiger partial charge in [-0.2, -0.15) is 0 Å². The van der Waals surface area contributed by atoms with Crippen LogP contribution in [0.2, 0.25) is 0 Å². The molecule has 3 N–H and O–H groups in total. The number of methoxy groups -OCH3 is 1. The molecule has 0 aliphatic rings. The van der Waals surface area contributed by atoms with Crippen molar-refractivity contribution >= 4 is 38.6 Å². The predicted molar refractivity (Wildman–Crippen MR) is 121 cm³/mol. The second kappa shape index (κ2) is 9.32. The highest BCUT2D eigenvalue weighted by molar-refractivity contribution is 9.10. The van der Waals surface area contributed by atoms with Gasteiger partial charge in [0.15, 0.2) is 0 Å². The van der Waals surface area contributed by atoms with Crippen molar-refractivity contribution in [3.8, 4) is 5.75 Å². The third kappa shape index (κ3) is 4.83. The molecule has 0 spiro atoms. The number of aromatic amines is 1. The number of halogens is 1. The Morgan fingerprint density at radius 1 is 1.23 bits per heavy atom. The number of aromatic nitrogens is 1. The molecule has 0 atom stereocenters. The van der Waals surface area contributed by atoms with E-state index in [-0.39, 0.29) is 25.3 Å². The molecule has 0 radical (unpaired) electrons. The van der Waals surface area contributed by atoms with Crippen molar-refractivity contribution < 1.29 is 14.6 Å². The van der Waals surface area contributed by atoms with Gasteiger partial charge in [0.2, 0.25) is 0 Å². The average molecular weight is 474 g/mol. The number of aliphatic hydroxyl groups is 1. The number of rotatable bonds is 6. The number of aliphatic hydroxyl groups excluding tert-OH is 1. The number of H-pyrrole nitrogens is 1. The normalized spacial score (nSPS) is 10.8. The van der Waals surface area contributed by atoms with Gasteiger partial charge in [-0.05, 0) is 65.0 Å². The summed E-state index contributed by atoms with van der Waals surface area (Å²) >= 11 is 3.40. The van der Waals surface area contributed by atoms with Crippen molar-refractivity contribution in [2.24, 2.45) is 0 Å². The van der Waals surface area contributed by atoms with Gasteiger partial charge in [0, 0.05) is 22.6 Å². The molecule has 0 bridgehead atoms. The Kier molecular flexibility index (Phi) is 6.79. The van der Waals surface area contributed by atoms with E-state index in [2.05, 4.69) is 26.2 Å². The number of aryl methyl sites for hydroxylation is 2. The maximum Gasteiger partial charge on any atom is 0.322 e. The highest BCUT2D eigenvalue weighted by Gasteiger charge is 2.17. The number of urea groups is 1. The number of carbonyl (C=O) groups is 1. The van der Waals surface area contributed by atoms with E-state index in [4.69, 9.17) is 4.74 Å². The standard InChI is InChI=1S/C22H24BrN3O4/c1-13-8-14(2)20-15(9-13)10-16(21(28)25-20)12-26(6-7-27)22(29)24-19-11-17(30-3)4-5-18(19)23/h4-5,8-11,27H,6-7,12H2,1-3H3,(H,24,29)(H,25,28). The van der Waals surface area contributed by atoms with Gasteiger partial charge in [0.25, 0.3) is 5.56 Å². The van der Waals surface area contributed by atoms with Gasteiger partial charge in [-0.1, -0.05) is 11.6 Å². The lowest BCUT2D eigenvalue weighted by Crippen LogP contribution is -2.38. The summed E-state index contributed by atoms with van der Waals surface area (Å²) in [7, 11) is 1.54. The molecule has 0 aliphatic heterocycles. The van der Waals surface area contributed by atoms with Crippen molar-refractivity contribution in [3.63, 3.8) is 0 Å². The first-order chi connectivity index (χ1) is 14.3. The Balaban J connectivity index is 1.89. The summed E-state index contributed by atoms with van der Waals surface area (Å²) in [6.45, 7) is 3.86. The van der Waals surface area contributed by atoms with E-state index in [0.717, 1.165) is 22.0 Å². The van der Waals surface area contributed by atoms with E-state index in [0.29, 0.717) is 21.5 Å².